The van der Waals surface area contributed by atoms with Crippen molar-refractivity contribution in [3.8, 4) is 11.4 Å². The molecule has 0 atom stereocenters. The van der Waals surface area contributed by atoms with Crippen molar-refractivity contribution in [2.24, 2.45) is 0 Å². The summed E-state index contributed by atoms with van der Waals surface area (Å²) in [5, 5.41) is 0. The maximum atomic E-state index is 5.63. The molecule has 0 aliphatic carbocycles. The SMILES string of the molecule is Nc1ccnc(-c2cc(N)ccn2)c1.Nc1ccncc1. The normalized spacial score (nSPS) is 9.52. The number of rotatable bonds is 1. The van der Waals surface area contributed by atoms with E-state index in [1.165, 1.54) is 0 Å². The van der Waals surface area contributed by atoms with Gasteiger partial charge in [0.05, 0.1) is 11.4 Å². The zero-order valence-electron chi connectivity index (χ0n) is 11.3. The number of aromatic nitrogens is 3. The summed E-state index contributed by atoms with van der Waals surface area (Å²) in [6.07, 6.45) is 6.62. The molecule has 0 saturated carbocycles. The van der Waals surface area contributed by atoms with Crippen LogP contribution in [0, 0.1) is 0 Å². The predicted molar refractivity (Wildman–Crippen MR) is 84.9 cm³/mol. The molecule has 3 aromatic rings. The lowest BCUT2D eigenvalue weighted by atomic mass is 10.2. The third-order valence-electron chi connectivity index (χ3n) is 2.54. The first kappa shape index (κ1) is 14.3. The van der Waals surface area contributed by atoms with Gasteiger partial charge in [0.2, 0.25) is 0 Å². The average molecular weight is 280 g/mol. The van der Waals surface area contributed by atoms with E-state index in [9.17, 15) is 0 Å². The highest BCUT2D eigenvalue weighted by molar-refractivity contribution is 5.62. The van der Waals surface area contributed by atoms with Crippen LogP contribution in [-0.4, -0.2) is 15.0 Å². The van der Waals surface area contributed by atoms with Gasteiger partial charge in [-0.05, 0) is 36.4 Å². The fourth-order valence-electron chi connectivity index (χ4n) is 1.54. The van der Waals surface area contributed by atoms with Crippen LogP contribution in [0.5, 0.6) is 0 Å². The van der Waals surface area contributed by atoms with Crippen LogP contribution in [0.1, 0.15) is 0 Å². The van der Waals surface area contributed by atoms with Crippen LogP contribution < -0.4 is 17.2 Å². The highest BCUT2D eigenvalue weighted by Gasteiger charge is 2.00. The van der Waals surface area contributed by atoms with Crippen molar-refractivity contribution in [3.63, 3.8) is 0 Å². The maximum Gasteiger partial charge on any atom is 0.0907 e. The molecule has 3 heterocycles. The van der Waals surface area contributed by atoms with Crippen molar-refractivity contribution in [2.45, 2.75) is 0 Å². The van der Waals surface area contributed by atoms with Crippen molar-refractivity contribution in [1.29, 1.82) is 0 Å². The molecule has 6 N–H and O–H groups in total. The van der Waals surface area contributed by atoms with Crippen LogP contribution in [0.25, 0.3) is 11.4 Å². The summed E-state index contributed by atoms with van der Waals surface area (Å²) in [6.45, 7) is 0. The standard InChI is InChI=1S/C10H10N4.C5H6N2/c11-7-1-3-13-9(5-7)10-6-8(12)2-4-14-10;6-5-1-3-7-4-2-5/h1-6H,(H2,11,13)(H2,12,14);1-4H,(H2,6,7). The van der Waals surface area contributed by atoms with Crippen LogP contribution in [0.15, 0.2) is 61.2 Å². The molecule has 6 nitrogen and oxygen atoms in total. The smallest absolute Gasteiger partial charge is 0.0907 e. The van der Waals surface area contributed by atoms with Crippen molar-refractivity contribution < 1.29 is 0 Å². The maximum absolute atomic E-state index is 5.63. The van der Waals surface area contributed by atoms with E-state index in [2.05, 4.69) is 15.0 Å². The Morgan fingerprint density at radius 1 is 0.571 bits per heavy atom. The van der Waals surface area contributed by atoms with Crippen LogP contribution >= 0.6 is 0 Å². The topological polar surface area (TPSA) is 117 Å². The average Bonchev–Trinajstić information content (AvgIpc) is 2.49. The Balaban J connectivity index is 0.000000194. The first-order chi connectivity index (χ1) is 10.1. The second kappa shape index (κ2) is 6.85. The molecule has 0 aromatic carbocycles. The Morgan fingerprint density at radius 2 is 1.00 bits per heavy atom. The lowest BCUT2D eigenvalue weighted by Gasteiger charge is -2.01. The van der Waals surface area contributed by atoms with Gasteiger partial charge < -0.3 is 17.2 Å². The lowest BCUT2D eigenvalue weighted by Crippen LogP contribution is -1.92. The Bertz CT molecular complexity index is 656. The van der Waals surface area contributed by atoms with Crippen molar-refractivity contribution in [1.82, 2.24) is 15.0 Å². The second-order valence-corrected chi connectivity index (χ2v) is 4.23. The molecular weight excluding hydrogens is 264 g/mol. The second-order valence-electron chi connectivity index (χ2n) is 4.23. The first-order valence-corrected chi connectivity index (χ1v) is 6.24. The number of hydrogen-bond donors (Lipinski definition) is 3. The number of nitrogen functional groups attached to an aromatic ring is 3. The number of nitrogens with zero attached hydrogens (tertiary/aromatic N) is 3. The number of nitrogens with two attached hydrogens (primary N) is 3. The molecule has 0 bridgehead atoms. The zero-order valence-corrected chi connectivity index (χ0v) is 11.3. The molecule has 21 heavy (non-hydrogen) atoms. The molecule has 3 aromatic heterocycles. The van der Waals surface area contributed by atoms with Gasteiger partial charge in [-0.1, -0.05) is 0 Å². The fraction of sp³-hybridized carbons (Fsp3) is 0. The van der Waals surface area contributed by atoms with E-state index in [-0.39, 0.29) is 0 Å². The molecule has 0 spiro atoms. The van der Waals surface area contributed by atoms with Crippen molar-refractivity contribution in [2.75, 3.05) is 17.2 Å². The van der Waals surface area contributed by atoms with E-state index in [4.69, 9.17) is 17.2 Å². The predicted octanol–water partition coefficient (Wildman–Crippen LogP) is 1.97. The van der Waals surface area contributed by atoms with Gasteiger partial charge in [0.1, 0.15) is 0 Å². The summed E-state index contributed by atoms with van der Waals surface area (Å²) >= 11 is 0. The van der Waals surface area contributed by atoms with Crippen LogP contribution in [0.2, 0.25) is 0 Å². The first-order valence-electron chi connectivity index (χ1n) is 6.24. The molecule has 0 aliphatic rings. The van der Waals surface area contributed by atoms with E-state index in [0.717, 1.165) is 17.1 Å². The molecule has 6 heteroatoms. The van der Waals surface area contributed by atoms with Gasteiger partial charge >= 0.3 is 0 Å². The molecule has 0 unspecified atom stereocenters. The summed E-state index contributed by atoms with van der Waals surface area (Å²) in [6, 6.07) is 10.5. The van der Waals surface area contributed by atoms with Crippen LogP contribution in [0.3, 0.4) is 0 Å². The van der Waals surface area contributed by atoms with E-state index >= 15 is 0 Å². The number of pyridine rings is 3. The highest BCUT2D eigenvalue weighted by Crippen LogP contribution is 2.17. The van der Waals surface area contributed by atoms with Gasteiger partial charge in [-0.25, -0.2) is 0 Å². The van der Waals surface area contributed by atoms with Crippen molar-refractivity contribution in [3.05, 3.63) is 61.2 Å². The third-order valence-corrected chi connectivity index (χ3v) is 2.54. The summed E-state index contributed by atoms with van der Waals surface area (Å²) in [7, 11) is 0. The lowest BCUT2D eigenvalue weighted by molar-refractivity contribution is 1.25. The largest absolute Gasteiger partial charge is 0.399 e. The highest BCUT2D eigenvalue weighted by atomic mass is 14.8. The molecule has 106 valence electrons. The van der Waals surface area contributed by atoms with Gasteiger partial charge in [0.15, 0.2) is 0 Å². The summed E-state index contributed by atoms with van der Waals surface area (Å²) in [4.78, 5) is 12.1. The minimum absolute atomic E-state index is 0.666. The van der Waals surface area contributed by atoms with E-state index in [0.29, 0.717) is 11.4 Å². The van der Waals surface area contributed by atoms with E-state index in [1.807, 2.05) is 0 Å². The van der Waals surface area contributed by atoms with Crippen molar-refractivity contribution >= 4 is 17.1 Å². The Hall–Kier alpha value is -3.15. The molecule has 0 radical (unpaired) electrons. The molecule has 3 rings (SSSR count). The molecule has 0 aliphatic heterocycles. The van der Waals surface area contributed by atoms with Crippen LogP contribution in [-0.2, 0) is 0 Å². The van der Waals surface area contributed by atoms with Crippen LogP contribution in [0.4, 0.5) is 17.1 Å². The minimum atomic E-state index is 0.666. The minimum Gasteiger partial charge on any atom is -0.399 e. The zero-order chi connectivity index (χ0) is 15.1. The van der Waals surface area contributed by atoms with Gasteiger partial charge in [-0.2, -0.15) is 0 Å². The number of anilines is 3. The van der Waals surface area contributed by atoms with Gasteiger partial charge in [0.25, 0.3) is 0 Å². The van der Waals surface area contributed by atoms with E-state index in [1.54, 1.807) is 61.2 Å². The Kier molecular flexibility index (Phi) is 4.66. The molecular formula is C15H16N6. The summed E-state index contributed by atoms with van der Waals surface area (Å²) in [5.74, 6) is 0. The molecule has 0 amide bonds. The van der Waals surface area contributed by atoms with Gasteiger partial charge in [0, 0.05) is 41.8 Å². The monoisotopic (exact) mass is 280 g/mol. The molecule has 0 saturated heterocycles. The fourth-order valence-corrected chi connectivity index (χ4v) is 1.54. The molecule has 0 fully saturated rings. The third kappa shape index (κ3) is 4.46. The summed E-state index contributed by atoms with van der Waals surface area (Å²) in [5.41, 5.74) is 20.1. The summed E-state index contributed by atoms with van der Waals surface area (Å²) < 4.78 is 0. The van der Waals surface area contributed by atoms with Gasteiger partial charge in [-0.15, -0.1) is 0 Å². The van der Waals surface area contributed by atoms with E-state index < -0.39 is 0 Å². The Labute approximate surface area is 122 Å². The number of hydrogen-bond acceptors (Lipinski definition) is 6. The van der Waals surface area contributed by atoms with Gasteiger partial charge in [-0.3, -0.25) is 15.0 Å². The quantitative estimate of drug-likeness (QED) is 0.627. The Morgan fingerprint density at radius 3 is 1.33 bits per heavy atom.